The van der Waals surface area contributed by atoms with Gasteiger partial charge in [0.2, 0.25) is 5.91 Å². The van der Waals surface area contributed by atoms with E-state index in [4.69, 9.17) is 9.15 Å². The highest BCUT2D eigenvalue weighted by molar-refractivity contribution is 5.91. The SMILES string of the molecule is CCN(CC)C(=O)CN1CCN(C(=O)c2ccc(COC)o2)CC1. The van der Waals surface area contributed by atoms with E-state index in [-0.39, 0.29) is 11.8 Å². The Labute approximate surface area is 143 Å². The summed E-state index contributed by atoms with van der Waals surface area (Å²) in [7, 11) is 1.59. The lowest BCUT2D eigenvalue weighted by Gasteiger charge is -2.34. The van der Waals surface area contributed by atoms with Crippen molar-refractivity contribution in [2.45, 2.75) is 20.5 Å². The molecular weight excluding hydrogens is 310 g/mol. The normalized spacial score (nSPS) is 15.5. The number of carbonyl (C=O) groups excluding carboxylic acids is 2. The lowest BCUT2D eigenvalue weighted by molar-refractivity contribution is -0.132. The van der Waals surface area contributed by atoms with Gasteiger partial charge in [-0.3, -0.25) is 14.5 Å². The van der Waals surface area contributed by atoms with Gasteiger partial charge in [0.05, 0.1) is 6.54 Å². The smallest absolute Gasteiger partial charge is 0.289 e. The second-order valence-electron chi connectivity index (χ2n) is 5.83. The van der Waals surface area contributed by atoms with E-state index in [1.54, 1.807) is 24.1 Å². The Bertz CT molecular complexity index is 546. The number of rotatable bonds is 7. The van der Waals surface area contributed by atoms with E-state index in [1.807, 2.05) is 18.7 Å². The van der Waals surface area contributed by atoms with E-state index < -0.39 is 0 Å². The van der Waals surface area contributed by atoms with Gasteiger partial charge < -0.3 is 19.0 Å². The molecule has 1 aromatic rings. The first-order chi connectivity index (χ1) is 11.6. The summed E-state index contributed by atoms with van der Waals surface area (Å²) in [4.78, 5) is 30.3. The quantitative estimate of drug-likeness (QED) is 0.744. The van der Waals surface area contributed by atoms with Crippen molar-refractivity contribution in [1.82, 2.24) is 14.7 Å². The molecule has 0 radical (unpaired) electrons. The Morgan fingerprint density at radius 3 is 2.42 bits per heavy atom. The number of carbonyl (C=O) groups is 2. The van der Waals surface area contributed by atoms with Crippen LogP contribution in [0.2, 0.25) is 0 Å². The van der Waals surface area contributed by atoms with Crippen LogP contribution in [-0.4, -0.2) is 79.4 Å². The first-order valence-corrected chi connectivity index (χ1v) is 8.46. The molecule has 0 aromatic carbocycles. The zero-order chi connectivity index (χ0) is 17.5. The molecule has 2 heterocycles. The van der Waals surface area contributed by atoms with E-state index in [0.29, 0.717) is 50.9 Å². The van der Waals surface area contributed by atoms with Gasteiger partial charge in [0.1, 0.15) is 12.4 Å². The van der Waals surface area contributed by atoms with Crippen molar-refractivity contribution in [3.05, 3.63) is 23.7 Å². The monoisotopic (exact) mass is 337 g/mol. The second-order valence-corrected chi connectivity index (χ2v) is 5.83. The zero-order valence-electron chi connectivity index (χ0n) is 14.8. The molecule has 1 aromatic heterocycles. The summed E-state index contributed by atoms with van der Waals surface area (Å²) >= 11 is 0. The number of ether oxygens (including phenoxy) is 1. The number of amides is 2. The van der Waals surface area contributed by atoms with Crippen molar-refractivity contribution in [2.24, 2.45) is 0 Å². The minimum absolute atomic E-state index is 0.105. The van der Waals surface area contributed by atoms with Crippen molar-refractivity contribution in [1.29, 1.82) is 0 Å². The van der Waals surface area contributed by atoms with Gasteiger partial charge in [0.25, 0.3) is 5.91 Å². The summed E-state index contributed by atoms with van der Waals surface area (Å²) in [6, 6.07) is 3.45. The predicted molar refractivity (Wildman–Crippen MR) is 89.7 cm³/mol. The fourth-order valence-corrected chi connectivity index (χ4v) is 2.85. The van der Waals surface area contributed by atoms with Gasteiger partial charge in [-0.25, -0.2) is 0 Å². The van der Waals surface area contributed by atoms with Gasteiger partial charge in [-0.15, -0.1) is 0 Å². The summed E-state index contributed by atoms with van der Waals surface area (Å²) in [5.41, 5.74) is 0. The van der Waals surface area contributed by atoms with Crippen LogP contribution in [0.4, 0.5) is 0 Å². The van der Waals surface area contributed by atoms with Gasteiger partial charge >= 0.3 is 0 Å². The van der Waals surface area contributed by atoms with Crippen LogP contribution >= 0.6 is 0 Å². The minimum Gasteiger partial charge on any atom is -0.453 e. The highest BCUT2D eigenvalue weighted by Crippen LogP contribution is 2.13. The number of piperazine rings is 1. The fraction of sp³-hybridized carbons (Fsp3) is 0.647. The van der Waals surface area contributed by atoms with Crippen LogP contribution < -0.4 is 0 Å². The molecule has 0 unspecified atom stereocenters. The molecule has 0 N–H and O–H groups in total. The Balaban J connectivity index is 1.83. The van der Waals surface area contributed by atoms with Crippen molar-refractivity contribution in [2.75, 3.05) is 52.9 Å². The molecule has 0 aliphatic carbocycles. The topological polar surface area (TPSA) is 66.2 Å². The van der Waals surface area contributed by atoms with Gasteiger partial charge in [-0.05, 0) is 26.0 Å². The Hall–Kier alpha value is -1.86. The molecule has 2 amide bonds. The molecule has 7 nitrogen and oxygen atoms in total. The molecule has 0 bridgehead atoms. The van der Waals surface area contributed by atoms with Gasteiger partial charge in [-0.1, -0.05) is 0 Å². The number of hydrogen-bond donors (Lipinski definition) is 0. The van der Waals surface area contributed by atoms with E-state index >= 15 is 0 Å². The summed E-state index contributed by atoms with van der Waals surface area (Å²) in [5, 5.41) is 0. The highest BCUT2D eigenvalue weighted by Gasteiger charge is 2.25. The maximum Gasteiger partial charge on any atom is 0.289 e. The molecule has 0 saturated carbocycles. The van der Waals surface area contributed by atoms with Crippen LogP contribution in [0.25, 0.3) is 0 Å². The first-order valence-electron chi connectivity index (χ1n) is 8.46. The molecule has 24 heavy (non-hydrogen) atoms. The van der Waals surface area contributed by atoms with Crippen LogP contribution in [0.3, 0.4) is 0 Å². The number of methoxy groups -OCH3 is 1. The third kappa shape index (κ3) is 4.58. The third-order valence-corrected chi connectivity index (χ3v) is 4.29. The van der Waals surface area contributed by atoms with Gasteiger partial charge in [0.15, 0.2) is 5.76 Å². The maximum absolute atomic E-state index is 12.4. The Morgan fingerprint density at radius 2 is 1.83 bits per heavy atom. The lowest BCUT2D eigenvalue weighted by Crippen LogP contribution is -2.51. The van der Waals surface area contributed by atoms with Crippen molar-refractivity contribution >= 4 is 11.8 Å². The van der Waals surface area contributed by atoms with Crippen LogP contribution in [0.1, 0.15) is 30.2 Å². The summed E-state index contributed by atoms with van der Waals surface area (Å²) in [5.74, 6) is 1.03. The number of likely N-dealkylation sites (N-methyl/N-ethyl adjacent to an activating group) is 1. The fourth-order valence-electron chi connectivity index (χ4n) is 2.85. The number of nitrogens with zero attached hydrogens (tertiary/aromatic N) is 3. The minimum atomic E-state index is -0.105. The van der Waals surface area contributed by atoms with Crippen LogP contribution in [0.15, 0.2) is 16.5 Å². The molecule has 0 atom stereocenters. The molecular formula is C17H27N3O4. The highest BCUT2D eigenvalue weighted by atomic mass is 16.5. The number of furan rings is 1. The standard InChI is InChI=1S/C17H27N3O4/c1-4-19(5-2)16(21)12-18-8-10-20(11-9-18)17(22)15-7-6-14(24-15)13-23-3/h6-7H,4-5,8-13H2,1-3H3. The summed E-state index contributed by atoms with van der Waals surface area (Å²) in [6.07, 6.45) is 0. The Kier molecular flexibility index (Phi) is 6.81. The molecule has 1 fully saturated rings. The zero-order valence-corrected chi connectivity index (χ0v) is 14.8. The maximum atomic E-state index is 12.4. The van der Waals surface area contributed by atoms with Crippen molar-refractivity contribution in [3.63, 3.8) is 0 Å². The molecule has 1 saturated heterocycles. The molecule has 1 aliphatic rings. The summed E-state index contributed by atoms with van der Waals surface area (Å²) in [6.45, 7) is 8.81. The molecule has 1 aliphatic heterocycles. The van der Waals surface area contributed by atoms with E-state index in [9.17, 15) is 9.59 Å². The van der Waals surface area contributed by atoms with E-state index in [1.165, 1.54) is 0 Å². The van der Waals surface area contributed by atoms with Crippen LogP contribution in [0.5, 0.6) is 0 Å². The largest absolute Gasteiger partial charge is 0.453 e. The molecule has 134 valence electrons. The molecule has 2 rings (SSSR count). The molecule has 0 spiro atoms. The average molecular weight is 337 g/mol. The van der Waals surface area contributed by atoms with Crippen LogP contribution in [0, 0.1) is 0 Å². The lowest BCUT2D eigenvalue weighted by atomic mass is 10.2. The predicted octanol–water partition coefficient (Wildman–Crippen LogP) is 1.05. The van der Waals surface area contributed by atoms with Crippen LogP contribution in [-0.2, 0) is 16.1 Å². The van der Waals surface area contributed by atoms with Crippen molar-refractivity contribution in [3.8, 4) is 0 Å². The molecule has 7 heteroatoms. The second kappa shape index (κ2) is 8.84. The Morgan fingerprint density at radius 1 is 1.17 bits per heavy atom. The first kappa shape index (κ1) is 18.5. The van der Waals surface area contributed by atoms with Crippen molar-refractivity contribution < 1.29 is 18.7 Å². The van der Waals surface area contributed by atoms with Gasteiger partial charge in [0, 0.05) is 46.4 Å². The average Bonchev–Trinajstić information content (AvgIpc) is 3.05. The van der Waals surface area contributed by atoms with E-state index in [0.717, 1.165) is 13.1 Å². The third-order valence-electron chi connectivity index (χ3n) is 4.29. The van der Waals surface area contributed by atoms with Gasteiger partial charge in [-0.2, -0.15) is 0 Å². The number of hydrogen-bond acceptors (Lipinski definition) is 5. The van der Waals surface area contributed by atoms with E-state index in [2.05, 4.69) is 4.90 Å². The summed E-state index contributed by atoms with van der Waals surface area (Å²) < 4.78 is 10.5.